The number of nitrogens with one attached hydrogen (secondary N) is 1. The highest BCUT2D eigenvalue weighted by molar-refractivity contribution is 5.80. The van der Waals surface area contributed by atoms with E-state index in [-0.39, 0.29) is 12.1 Å². The molecule has 0 bridgehead atoms. The number of hydrogen-bond donors (Lipinski definition) is 1. The molecule has 0 aliphatic carbocycles. The molecule has 0 saturated carbocycles. The molecule has 1 aliphatic heterocycles. The fourth-order valence-electron chi connectivity index (χ4n) is 2.99. The summed E-state index contributed by atoms with van der Waals surface area (Å²) in [6, 6.07) is 10.3. The van der Waals surface area contributed by atoms with Crippen LogP contribution in [0.5, 0.6) is 0 Å². The van der Waals surface area contributed by atoms with E-state index in [1.54, 1.807) is 0 Å². The number of pyridine rings is 1. The Bertz CT molecular complexity index is 752. The molecule has 1 aliphatic rings. The van der Waals surface area contributed by atoms with Crippen LogP contribution in [0.15, 0.2) is 30.3 Å². The molecule has 24 heavy (non-hydrogen) atoms. The molecule has 1 N–H and O–H groups in total. The number of piperazine rings is 1. The van der Waals surface area contributed by atoms with Gasteiger partial charge in [0.15, 0.2) is 0 Å². The zero-order valence-corrected chi connectivity index (χ0v) is 14.8. The van der Waals surface area contributed by atoms with Gasteiger partial charge in [0, 0.05) is 30.7 Å². The van der Waals surface area contributed by atoms with Crippen molar-refractivity contribution < 1.29 is 9.53 Å². The number of fused-ring (bicyclic) bond motifs is 1. The van der Waals surface area contributed by atoms with Gasteiger partial charge in [-0.3, -0.25) is 9.88 Å². The van der Waals surface area contributed by atoms with Crippen molar-refractivity contribution in [2.24, 2.45) is 0 Å². The number of aromatic nitrogens is 1. The van der Waals surface area contributed by atoms with E-state index in [0.29, 0.717) is 6.54 Å². The summed E-state index contributed by atoms with van der Waals surface area (Å²) in [5, 5.41) is 4.46. The van der Waals surface area contributed by atoms with Crippen LogP contribution in [-0.4, -0.2) is 41.2 Å². The van der Waals surface area contributed by atoms with E-state index >= 15 is 0 Å². The number of amides is 1. The maximum Gasteiger partial charge on any atom is 0.410 e. The summed E-state index contributed by atoms with van der Waals surface area (Å²) in [5.74, 6) is 0. The normalized spacial score (nSPS) is 18.7. The van der Waals surface area contributed by atoms with E-state index in [1.165, 1.54) is 0 Å². The fraction of sp³-hybridized carbons (Fsp3) is 0.474. The molecular formula is C19H25N3O2. The minimum absolute atomic E-state index is 0.0284. The molecule has 1 saturated heterocycles. The van der Waals surface area contributed by atoms with Gasteiger partial charge in [-0.15, -0.1) is 0 Å². The molecule has 2 heterocycles. The smallest absolute Gasteiger partial charge is 0.410 e. The Balaban J connectivity index is 1.90. The number of hydrogen-bond acceptors (Lipinski definition) is 4. The van der Waals surface area contributed by atoms with E-state index in [1.807, 2.05) is 44.7 Å². The summed E-state index contributed by atoms with van der Waals surface area (Å²) < 4.78 is 5.58. The molecule has 1 atom stereocenters. The van der Waals surface area contributed by atoms with Gasteiger partial charge in [0.05, 0.1) is 11.6 Å². The molecule has 1 unspecified atom stereocenters. The first-order chi connectivity index (χ1) is 11.3. The van der Waals surface area contributed by atoms with E-state index < -0.39 is 5.60 Å². The van der Waals surface area contributed by atoms with E-state index in [4.69, 9.17) is 4.74 Å². The van der Waals surface area contributed by atoms with Gasteiger partial charge in [0.25, 0.3) is 0 Å². The summed E-state index contributed by atoms with van der Waals surface area (Å²) in [7, 11) is 0. The van der Waals surface area contributed by atoms with E-state index in [2.05, 4.69) is 28.5 Å². The maximum atomic E-state index is 12.6. The number of ether oxygens (including phenoxy) is 1. The van der Waals surface area contributed by atoms with Gasteiger partial charge in [-0.2, -0.15) is 0 Å². The number of carbonyl (C=O) groups is 1. The molecule has 1 aromatic heterocycles. The van der Waals surface area contributed by atoms with Crippen LogP contribution in [-0.2, 0) is 4.74 Å². The highest BCUT2D eigenvalue weighted by atomic mass is 16.6. The first-order valence-electron chi connectivity index (χ1n) is 8.41. The van der Waals surface area contributed by atoms with Crippen LogP contribution in [0, 0.1) is 6.92 Å². The Morgan fingerprint density at radius 2 is 2.08 bits per heavy atom. The van der Waals surface area contributed by atoms with E-state index in [9.17, 15) is 4.79 Å². The van der Waals surface area contributed by atoms with Gasteiger partial charge in [-0.25, -0.2) is 4.79 Å². The molecule has 1 amide bonds. The van der Waals surface area contributed by atoms with Crippen molar-refractivity contribution >= 4 is 17.0 Å². The third-order valence-electron chi connectivity index (χ3n) is 4.11. The molecule has 1 aromatic carbocycles. The zero-order valence-electron chi connectivity index (χ0n) is 14.8. The monoisotopic (exact) mass is 327 g/mol. The lowest BCUT2D eigenvalue weighted by molar-refractivity contribution is 0.0118. The lowest BCUT2D eigenvalue weighted by Gasteiger charge is -2.37. The van der Waals surface area contributed by atoms with Crippen LogP contribution in [0.3, 0.4) is 0 Å². The maximum absolute atomic E-state index is 12.6. The third kappa shape index (κ3) is 3.67. The molecule has 1 fully saturated rings. The Morgan fingerprint density at radius 3 is 2.83 bits per heavy atom. The van der Waals surface area contributed by atoms with Crippen molar-refractivity contribution in [3.8, 4) is 0 Å². The Hall–Kier alpha value is -2.14. The highest BCUT2D eigenvalue weighted by Gasteiger charge is 2.31. The van der Waals surface area contributed by atoms with Crippen molar-refractivity contribution in [2.75, 3.05) is 19.6 Å². The average Bonchev–Trinajstić information content (AvgIpc) is 2.53. The summed E-state index contributed by atoms with van der Waals surface area (Å²) in [5.41, 5.74) is 2.60. The van der Waals surface area contributed by atoms with Crippen LogP contribution < -0.4 is 5.32 Å². The molecule has 0 spiro atoms. The predicted molar refractivity (Wildman–Crippen MR) is 95.0 cm³/mol. The number of nitrogens with zero attached hydrogens (tertiary/aromatic N) is 2. The van der Waals surface area contributed by atoms with Crippen LogP contribution in [0.2, 0.25) is 0 Å². The second kappa shape index (κ2) is 6.40. The van der Waals surface area contributed by atoms with Crippen molar-refractivity contribution in [3.63, 3.8) is 0 Å². The summed E-state index contributed by atoms with van der Waals surface area (Å²) in [4.78, 5) is 18.9. The third-order valence-corrected chi connectivity index (χ3v) is 4.11. The number of aryl methyl sites for hydroxylation is 1. The first-order valence-corrected chi connectivity index (χ1v) is 8.41. The van der Waals surface area contributed by atoms with E-state index in [0.717, 1.165) is 35.2 Å². The van der Waals surface area contributed by atoms with Crippen molar-refractivity contribution in [1.82, 2.24) is 15.2 Å². The lowest BCUT2D eigenvalue weighted by atomic mass is 10.0. The predicted octanol–water partition coefficient (Wildman–Crippen LogP) is 3.42. The SMILES string of the molecule is Cc1ccc2cc(C3CNCCN3C(=O)OC(C)(C)C)ccc2n1. The zero-order chi connectivity index (χ0) is 17.3. The molecule has 5 heteroatoms. The van der Waals surface area contributed by atoms with Crippen molar-refractivity contribution in [3.05, 3.63) is 41.6 Å². The topological polar surface area (TPSA) is 54.5 Å². The average molecular weight is 327 g/mol. The summed E-state index contributed by atoms with van der Waals surface area (Å²) >= 11 is 0. The van der Waals surface area contributed by atoms with Gasteiger partial charge >= 0.3 is 6.09 Å². The minimum atomic E-state index is -0.489. The van der Waals surface area contributed by atoms with Gasteiger partial charge in [-0.05, 0) is 51.5 Å². The largest absolute Gasteiger partial charge is 0.444 e. The van der Waals surface area contributed by atoms with Crippen LogP contribution in [0.25, 0.3) is 10.9 Å². The standard InChI is InChI=1S/C19H25N3O2/c1-13-5-6-14-11-15(7-8-16(14)21-13)17-12-20-9-10-22(17)18(23)24-19(2,3)4/h5-8,11,17,20H,9-10,12H2,1-4H3. The molecule has 128 valence electrons. The van der Waals surface area contributed by atoms with Gasteiger partial charge in [0.2, 0.25) is 0 Å². The molecule has 0 radical (unpaired) electrons. The van der Waals surface area contributed by atoms with Crippen LogP contribution >= 0.6 is 0 Å². The van der Waals surface area contributed by atoms with Gasteiger partial charge in [0.1, 0.15) is 5.60 Å². The minimum Gasteiger partial charge on any atom is -0.444 e. The van der Waals surface area contributed by atoms with Crippen molar-refractivity contribution in [2.45, 2.75) is 39.3 Å². The highest BCUT2D eigenvalue weighted by Crippen LogP contribution is 2.27. The van der Waals surface area contributed by atoms with Gasteiger partial charge in [-0.1, -0.05) is 12.1 Å². The molecule has 2 aromatic rings. The Morgan fingerprint density at radius 1 is 1.29 bits per heavy atom. The lowest BCUT2D eigenvalue weighted by Crippen LogP contribution is -2.50. The number of benzene rings is 1. The van der Waals surface area contributed by atoms with Gasteiger partial charge < -0.3 is 10.1 Å². The number of carbonyl (C=O) groups excluding carboxylic acids is 1. The summed E-state index contributed by atoms with van der Waals surface area (Å²) in [6.07, 6.45) is -0.254. The quantitative estimate of drug-likeness (QED) is 0.872. The van der Waals surface area contributed by atoms with Crippen molar-refractivity contribution in [1.29, 1.82) is 0 Å². The summed E-state index contributed by atoms with van der Waals surface area (Å²) in [6.45, 7) is 9.82. The molecule has 3 rings (SSSR count). The number of rotatable bonds is 1. The fourth-order valence-corrected chi connectivity index (χ4v) is 2.99. The first kappa shape index (κ1) is 16.7. The van der Waals surface area contributed by atoms with Crippen LogP contribution in [0.4, 0.5) is 4.79 Å². The molecule has 5 nitrogen and oxygen atoms in total. The second-order valence-corrected chi connectivity index (χ2v) is 7.30. The second-order valence-electron chi connectivity index (χ2n) is 7.30. The van der Waals surface area contributed by atoms with Crippen LogP contribution in [0.1, 0.15) is 38.1 Å². The Labute approximate surface area is 143 Å². The Kier molecular flexibility index (Phi) is 4.45. The molecular weight excluding hydrogens is 302 g/mol.